The number of amides is 4. The molecule has 3 N–H and O–H groups in total. The standard InChI is InChI=1S/C51H81N5O9/c1-13-34(6)46(55(10)51(62)45(33(4)5)54-50(61)44(52-9)32(2)3)41(63-11)31-42(58)56-30-22-27-39(56)47(64-12)35(7)49(60)53-36(8)48(38-25-18-15-19-26-38)65-43(59)29-21-20-28-40(57)37-23-16-14-17-24-37/h14-16,18-19,23,25-26,32-36,39,41,44-48,52H,13,17,20-22,24,27-31H2,1-12H3,(H,53,60)(H,54,61)/t34-,35+,36+,39-,41+,44-,45-,46-,47+,48?/m0/s1. The Labute approximate surface area is 389 Å². The van der Waals surface area contributed by atoms with Crippen LogP contribution in [0, 0.1) is 23.7 Å². The lowest BCUT2D eigenvalue weighted by Gasteiger charge is -2.41. The van der Waals surface area contributed by atoms with Crippen LogP contribution in [-0.2, 0) is 43.0 Å². The number of carbonyl (C=O) groups is 6. The van der Waals surface area contributed by atoms with Crippen molar-refractivity contribution in [1.82, 2.24) is 25.8 Å². The van der Waals surface area contributed by atoms with Gasteiger partial charge in [-0.25, -0.2) is 0 Å². The Kier molecular flexibility index (Phi) is 23.1. The van der Waals surface area contributed by atoms with Crippen molar-refractivity contribution in [3.05, 3.63) is 59.7 Å². The summed E-state index contributed by atoms with van der Waals surface area (Å²) in [6.45, 7) is 15.8. The summed E-state index contributed by atoms with van der Waals surface area (Å²) in [5, 5.41) is 9.13. The molecule has 14 nitrogen and oxygen atoms in total. The Morgan fingerprint density at radius 3 is 2.09 bits per heavy atom. The van der Waals surface area contributed by atoms with E-state index < -0.39 is 60.4 Å². The number of nitrogens with one attached hydrogen (secondary N) is 3. The molecule has 2 aliphatic rings. The second kappa shape index (κ2) is 27.3. The van der Waals surface area contributed by atoms with Crippen LogP contribution in [0.4, 0.5) is 0 Å². The van der Waals surface area contributed by atoms with Gasteiger partial charge in [-0.05, 0) is 81.4 Å². The van der Waals surface area contributed by atoms with Gasteiger partial charge in [-0.3, -0.25) is 28.8 Å². The Bertz CT molecular complexity index is 1770. The molecule has 364 valence electrons. The van der Waals surface area contributed by atoms with Crippen LogP contribution in [0.1, 0.15) is 131 Å². The summed E-state index contributed by atoms with van der Waals surface area (Å²) in [6.07, 6.45) is 9.04. The highest BCUT2D eigenvalue weighted by Gasteiger charge is 2.43. The number of esters is 1. The quantitative estimate of drug-likeness (QED) is 0.0655. The molecule has 14 heteroatoms. The number of allylic oxidation sites excluding steroid dienone is 4. The van der Waals surface area contributed by atoms with Crippen molar-refractivity contribution in [3.63, 3.8) is 0 Å². The second-order valence-electron chi connectivity index (χ2n) is 18.7. The van der Waals surface area contributed by atoms with Gasteiger partial charge < -0.3 is 40.0 Å². The van der Waals surface area contributed by atoms with Crippen molar-refractivity contribution < 1.29 is 43.0 Å². The topological polar surface area (TPSA) is 173 Å². The number of rotatable bonds is 27. The van der Waals surface area contributed by atoms with Crippen LogP contribution in [0.5, 0.6) is 0 Å². The summed E-state index contributed by atoms with van der Waals surface area (Å²) in [5.74, 6) is -2.17. The van der Waals surface area contributed by atoms with Crippen LogP contribution < -0.4 is 16.0 Å². The summed E-state index contributed by atoms with van der Waals surface area (Å²) in [4.78, 5) is 85.2. The fourth-order valence-electron chi connectivity index (χ4n) is 9.33. The minimum Gasteiger partial charge on any atom is -0.455 e. The third-order valence-electron chi connectivity index (χ3n) is 13.4. The molecule has 1 aromatic carbocycles. The van der Waals surface area contributed by atoms with Crippen LogP contribution in [0.2, 0.25) is 0 Å². The normalized spacial score (nSPS) is 19.3. The molecule has 0 saturated carbocycles. The number of likely N-dealkylation sites (tertiary alicyclic amines) is 1. The molecule has 1 unspecified atom stereocenters. The molecule has 65 heavy (non-hydrogen) atoms. The van der Waals surface area contributed by atoms with Crippen molar-refractivity contribution in [3.8, 4) is 0 Å². The van der Waals surface area contributed by atoms with Gasteiger partial charge in [0.1, 0.15) is 12.1 Å². The zero-order valence-corrected chi connectivity index (χ0v) is 41.4. The van der Waals surface area contributed by atoms with E-state index in [9.17, 15) is 28.8 Å². The molecule has 10 atom stereocenters. The zero-order chi connectivity index (χ0) is 48.4. The summed E-state index contributed by atoms with van der Waals surface area (Å²) < 4.78 is 18.1. The third kappa shape index (κ3) is 15.6. The van der Waals surface area contributed by atoms with E-state index in [1.54, 1.807) is 52.0 Å². The number of carbonyl (C=O) groups excluding carboxylic acids is 6. The number of methoxy groups -OCH3 is 2. The van der Waals surface area contributed by atoms with Gasteiger partial charge in [0.05, 0.1) is 48.7 Å². The largest absolute Gasteiger partial charge is 0.455 e. The minimum absolute atomic E-state index is 0.00231. The SMILES string of the molecule is CC[C@H](C)[C@@H]([C@@H](CC(=O)N1CCC[C@H]1[C@H](OC)[C@@H](C)C(=O)N[C@H](C)C(OC(=O)CCCCC(=O)C1=CC=CCC1)c1ccccc1)OC)N(C)C(=O)[C@@H](NC(=O)[C@@H](NC)C(C)C)C(C)C. The van der Waals surface area contributed by atoms with E-state index in [4.69, 9.17) is 14.2 Å². The van der Waals surface area contributed by atoms with E-state index in [0.717, 1.165) is 36.8 Å². The molecular weight excluding hydrogens is 827 g/mol. The fraction of sp³-hybridized carbons (Fsp3) is 0.686. The Balaban J connectivity index is 1.71. The second-order valence-corrected chi connectivity index (χ2v) is 18.7. The maximum Gasteiger partial charge on any atom is 0.306 e. The number of likely N-dealkylation sites (N-methyl/N-ethyl adjacent to an activating group) is 2. The van der Waals surface area contributed by atoms with E-state index in [0.29, 0.717) is 32.2 Å². The lowest BCUT2D eigenvalue weighted by molar-refractivity contribution is -0.152. The summed E-state index contributed by atoms with van der Waals surface area (Å²) in [5.41, 5.74) is 1.56. The minimum atomic E-state index is -0.784. The molecule has 1 aromatic rings. The molecule has 0 aromatic heterocycles. The number of ketones is 1. The van der Waals surface area contributed by atoms with Crippen molar-refractivity contribution in [2.75, 3.05) is 34.9 Å². The summed E-state index contributed by atoms with van der Waals surface area (Å²) >= 11 is 0. The number of unbranched alkanes of at least 4 members (excludes halogenated alkanes) is 1. The van der Waals surface area contributed by atoms with Crippen molar-refractivity contribution >= 4 is 35.4 Å². The van der Waals surface area contributed by atoms with Gasteiger partial charge in [0.2, 0.25) is 23.6 Å². The average molecular weight is 908 g/mol. The number of ether oxygens (including phenoxy) is 3. The van der Waals surface area contributed by atoms with E-state index in [1.165, 1.54) is 0 Å². The van der Waals surface area contributed by atoms with Gasteiger partial charge in [-0.2, -0.15) is 0 Å². The van der Waals surface area contributed by atoms with E-state index in [2.05, 4.69) is 16.0 Å². The molecule has 1 fully saturated rings. The maximum absolute atomic E-state index is 14.4. The van der Waals surface area contributed by atoms with E-state index >= 15 is 0 Å². The highest BCUT2D eigenvalue weighted by atomic mass is 16.5. The lowest BCUT2D eigenvalue weighted by Crippen LogP contribution is -2.59. The van der Waals surface area contributed by atoms with Gasteiger partial charge in [0, 0.05) is 40.7 Å². The molecule has 3 rings (SSSR count). The number of hydrogen-bond donors (Lipinski definition) is 3. The van der Waals surface area contributed by atoms with Crippen molar-refractivity contribution in [2.24, 2.45) is 23.7 Å². The molecule has 4 amide bonds. The molecule has 0 bridgehead atoms. The monoisotopic (exact) mass is 908 g/mol. The van der Waals surface area contributed by atoms with Gasteiger partial charge in [-0.1, -0.05) is 103 Å². The molecule has 1 aliphatic carbocycles. The first-order valence-electron chi connectivity index (χ1n) is 23.9. The highest BCUT2D eigenvalue weighted by Crippen LogP contribution is 2.31. The molecule has 1 saturated heterocycles. The van der Waals surface area contributed by atoms with Crippen molar-refractivity contribution in [1.29, 1.82) is 0 Å². The first-order chi connectivity index (χ1) is 30.9. The van der Waals surface area contributed by atoms with Gasteiger partial charge >= 0.3 is 5.97 Å². The Hall–Kier alpha value is -4.40. The summed E-state index contributed by atoms with van der Waals surface area (Å²) in [7, 11) is 6.55. The van der Waals surface area contributed by atoms with Crippen molar-refractivity contribution in [2.45, 2.75) is 168 Å². The van der Waals surface area contributed by atoms with Crippen LogP contribution in [0.15, 0.2) is 54.1 Å². The van der Waals surface area contributed by atoms with Gasteiger partial charge in [0.25, 0.3) is 0 Å². The molecular formula is C51H81N5O9. The van der Waals surface area contributed by atoms with Crippen LogP contribution in [0.25, 0.3) is 0 Å². The smallest absolute Gasteiger partial charge is 0.306 e. The highest BCUT2D eigenvalue weighted by molar-refractivity contribution is 5.95. The lowest BCUT2D eigenvalue weighted by atomic mass is 9.89. The molecule has 1 heterocycles. The fourth-order valence-corrected chi connectivity index (χ4v) is 9.33. The number of benzene rings is 1. The number of nitrogens with zero attached hydrogens (tertiary/aromatic N) is 2. The third-order valence-corrected chi connectivity index (χ3v) is 13.4. The zero-order valence-electron chi connectivity index (χ0n) is 41.4. The van der Waals surface area contributed by atoms with Crippen LogP contribution >= 0.6 is 0 Å². The first-order valence-corrected chi connectivity index (χ1v) is 23.9. The maximum atomic E-state index is 14.4. The first kappa shape index (κ1) is 54.9. The van der Waals surface area contributed by atoms with Gasteiger partial charge in [0.15, 0.2) is 5.78 Å². The predicted molar refractivity (Wildman–Crippen MR) is 253 cm³/mol. The Morgan fingerprint density at radius 1 is 0.862 bits per heavy atom. The van der Waals surface area contributed by atoms with E-state index in [1.807, 2.05) is 90.1 Å². The van der Waals surface area contributed by atoms with Gasteiger partial charge in [-0.15, -0.1) is 0 Å². The molecule has 0 spiro atoms. The van der Waals surface area contributed by atoms with E-state index in [-0.39, 0.29) is 60.0 Å². The number of Topliss-reactive ketones (excluding diaryl/α,β-unsaturated/α-hetero) is 1. The predicted octanol–water partition coefficient (Wildman–Crippen LogP) is 6.49. The van der Waals surface area contributed by atoms with Crippen LogP contribution in [-0.4, -0.2) is 122 Å². The summed E-state index contributed by atoms with van der Waals surface area (Å²) in [6, 6.07) is 6.56. The van der Waals surface area contributed by atoms with Crippen LogP contribution in [0.3, 0.4) is 0 Å². The number of hydrogen-bond acceptors (Lipinski definition) is 10. The molecule has 0 radical (unpaired) electrons. The molecule has 1 aliphatic heterocycles. The average Bonchev–Trinajstić information content (AvgIpc) is 3.78. The Morgan fingerprint density at radius 2 is 1.52 bits per heavy atom.